The van der Waals surface area contributed by atoms with Gasteiger partial charge in [0, 0.05) is 24.1 Å². The maximum Gasteiger partial charge on any atom is 0.294 e. The van der Waals surface area contributed by atoms with E-state index in [9.17, 15) is 4.79 Å². The highest BCUT2D eigenvalue weighted by Crippen LogP contribution is 2.22. The summed E-state index contributed by atoms with van der Waals surface area (Å²) < 4.78 is 5.26. The lowest BCUT2D eigenvalue weighted by atomic mass is 9.92. The number of aromatic amines is 1. The molecule has 2 rings (SSSR count). The maximum atomic E-state index is 12.0. The first-order chi connectivity index (χ1) is 8.77. The van der Waals surface area contributed by atoms with Crippen LogP contribution in [0.5, 0.6) is 0 Å². The van der Waals surface area contributed by atoms with Gasteiger partial charge in [-0.15, -0.1) is 0 Å². The van der Waals surface area contributed by atoms with Crippen molar-refractivity contribution in [2.24, 2.45) is 0 Å². The molecule has 2 N–H and O–H groups in total. The molecule has 1 amide bonds. The van der Waals surface area contributed by atoms with E-state index in [0.29, 0.717) is 17.4 Å². The molecule has 2 heterocycles. The van der Waals surface area contributed by atoms with Crippen molar-refractivity contribution in [1.29, 1.82) is 0 Å². The quantitative estimate of drug-likeness (QED) is 0.871. The number of nitrogens with zero attached hydrogens (tertiary/aromatic N) is 2. The number of oxazole rings is 1. The van der Waals surface area contributed by atoms with Gasteiger partial charge in [0.2, 0.25) is 5.76 Å². The Morgan fingerprint density at radius 1 is 1.37 bits per heavy atom. The van der Waals surface area contributed by atoms with Crippen LogP contribution in [-0.2, 0) is 5.41 Å². The van der Waals surface area contributed by atoms with Crippen molar-refractivity contribution in [3.05, 3.63) is 29.1 Å². The Morgan fingerprint density at radius 2 is 2.05 bits per heavy atom. The first kappa shape index (κ1) is 13.3. The molecule has 0 saturated carbocycles. The first-order valence-electron chi connectivity index (χ1n) is 6.08. The Balaban J connectivity index is 2.16. The van der Waals surface area contributed by atoms with Crippen molar-refractivity contribution in [1.82, 2.24) is 15.2 Å². The van der Waals surface area contributed by atoms with Gasteiger partial charge in [0.25, 0.3) is 5.91 Å². The minimum Gasteiger partial charge on any atom is -0.436 e. The lowest BCUT2D eigenvalue weighted by molar-refractivity contribution is 0.0994. The van der Waals surface area contributed by atoms with Gasteiger partial charge < -0.3 is 9.73 Å². The third kappa shape index (κ3) is 2.83. The van der Waals surface area contributed by atoms with Crippen LogP contribution in [0.25, 0.3) is 0 Å². The van der Waals surface area contributed by atoms with Crippen LogP contribution in [0.4, 0.5) is 5.82 Å². The van der Waals surface area contributed by atoms with E-state index in [1.165, 1.54) is 0 Å². The third-order valence-corrected chi connectivity index (χ3v) is 2.74. The van der Waals surface area contributed by atoms with E-state index < -0.39 is 0 Å². The van der Waals surface area contributed by atoms with Crippen LogP contribution in [0.15, 0.2) is 10.5 Å². The highest BCUT2D eigenvalue weighted by Gasteiger charge is 2.20. The lowest BCUT2D eigenvalue weighted by Gasteiger charge is -2.14. The van der Waals surface area contributed by atoms with E-state index >= 15 is 0 Å². The number of carbonyl (C=O) groups is 1. The van der Waals surface area contributed by atoms with E-state index in [1.54, 1.807) is 13.8 Å². The van der Waals surface area contributed by atoms with Gasteiger partial charge in [0.1, 0.15) is 0 Å². The standard InChI is InChI=1S/C13H18N4O2/c1-7-11(19-8(2)14-7)12(18)15-10-6-9(16-17-10)13(3,4)5/h6H,1-5H3,(H2,15,16,17,18). The molecule has 0 spiro atoms. The summed E-state index contributed by atoms with van der Waals surface area (Å²) in [6, 6.07) is 1.82. The Hall–Kier alpha value is -2.11. The fourth-order valence-electron chi connectivity index (χ4n) is 1.69. The molecular weight excluding hydrogens is 244 g/mol. The lowest BCUT2D eigenvalue weighted by Crippen LogP contribution is -2.13. The van der Waals surface area contributed by atoms with Crippen LogP contribution >= 0.6 is 0 Å². The number of aromatic nitrogens is 3. The number of hydrogen-bond donors (Lipinski definition) is 2. The molecule has 0 aliphatic rings. The SMILES string of the molecule is Cc1nc(C)c(C(=O)Nc2cc(C(C)(C)C)[nH]n2)o1. The molecule has 2 aromatic heterocycles. The van der Waals surface area contributed by atoms with Crippen LogP contribution in [0, 0.1) is 13.8 Å². The molecule has 0 saturated heterocycles. The molecule has 0 radical (unpaired) electrons. The molecule has 6 heteroatoms. The topological polar surface area (TPSA) is 83.8 Å². The average molecular weight is 262 g/mol. The monoisotopic (exact) mass is 262 g/mol. The van der Waals surface area contributed by atoms with E-state index in [0.717, 1.165) is 5.69 Å². The predicted molar refractivity (Wildman–Crippen MR) is 71.2 cm³/mol. The van der Waals surface area contributed by atoms with Crippen molar-refractivity contribution < 1.29 is 9.21 Å². The average Bonchev–Trinajstić information content (AvgIpc) is 2.84. The van der Waals surface area contributed by atoms with Crippen molar-refractivity contribution in [3.8, 4) is 0 Å². The fraction of sp³-hybridized carbons (Fsp3) is 0.462. The molecule has 0 aliphatic heterocycles. The number of hydrogen-bond acceptors (Lipinski definition) is 4. The summed E-state index contributed by atoms with van der Waals surface area (Å²) >= 11 is 0. The largest absolute Gasteiger partial charge is 0.436 e. The number of aryl methyl sites for hydroxylation is 2. The van der Waals surface area contributed by atoms with Crippen LogP contribution in [0.3, 0.4) is 0 Å². The summed E-state index contributed by atoms with van der Waals surface area (Å²) in [5.41, 5.74) is 1.48. The zero-order valence-corrected chi connectivity index (χ0v) is 11.8. The minimum absolute atomic E-state index is 0.0469. The van der Waals surface area contributed by atoms with Gasteiger partial charge in [-0.25, -0.2) is 4.98 Å². The van der Waals surface area contributed by atoms with E-state index in [4.69, 9.17) is 4.42 Å². The Kier molecular flexibility index (Phi) is 3.18. The van der Waals surface area contributed by atoms with Gasteiger partial charge in [-0.2, -0.15) is 5.10 Å². The third-order valence-electron chi connectivity index (χ3n) is 2.74. The highest BCUT2D eigenvalue weighted by molar-refractivity contribution is 6.02. The first-order valence-corrected chi connectivity index (χ1v) is 6.08. The Labute approximate surface area is 111 Å². The van der Waals surface area contributed by atoms with Crippen molar-refractivity contribution in [2.45, 2.75) is 40.0 Å². The normalized spacial score (nSPS) is 11.6. The summed E-state index contributed by atoms with van der Waals surface area (Å²) in [6.45, 7) is 9.63. The molecule has 102 valence electrons. The molecule has 0 bridgehead atoms. The van der Waals surface area contributed by atoms with Crippen LogP contribution < -0.4 is 5.32 Å². The predicted octanol–water partition coefficient (Wildman–Crippen LogP) is 2.56. The van der Waals surface area contributed by atoms with E-state index in [-0.39, 0.29) is 17.1 Å². The molecule has 19 heavy (non-hydrogen) atoms. The molecule has 0 aliphatic carbocycles. The summed E-state index contributed by atoms with van der Waals surface area (Å²) in [4.78, 5) is 16.1. The zero-order valence-electron chi connectivity index (χ0n) is 11.8. The second-order valence-corrected chi connectivity index (χ2v) is 5.52. The molecule has 0 unspecified atom stereocenters. The number of nitrogens with one attached hydrogen (secondary N) is 2. The van der Waals surface area contributed by atoms with Gasteiger partial charge in [0.15, 0.2) is 11.7 Å². The van der Waals surface area contributed by atoms with Gasteiger partial charge in [-0.1, -0.05) is 20.8 Å². The smallest absolute Gasteiger partial charge is 0.294 e. The van der Waals surface area contributed by atoms with Gasteiger partial charge >= 0.3 is 0 Å². The maximum absolute atomic E-state index is 12.0. The van der Waals surface area contributed by atoms with Crippen LogP contribution in [0.1, 0.15) is 48.6 Å². The summed E-state index contributed by atoms with van der Waals surface area (Å²) in [7, 11) is 0. The number of rotatable bonds is 2. The van der Waals surface area contributed by atoms with E-state index in [2.05, 4.69) is 41.3 Å². The Bertz CT molecular complexity index is 604. The highest BCUT2D eigenvalue weighted by atomic mass is 16.4. The minimum atomic E-state index is -0.343. The zero-order chi connectivity index (χ0) is 14.2. The summed E-state index contributed by atoms with van der Waals surface area (Å²) in [5, 5.41) is 9.67. The van der Waals surface area contributed by atoms with Crippen molar-refractivity contribution in [3.63, 3.8) is 0 Å². The van der Waals surface area contributed by atoms with Gasteiger partial charge in [-0.3, -0.25) is 9.89 Å². The molecular formula is C13H18N4O2. The number of H-pyrrole nitrogens is 1. The van der Waals surface area contributed by atoms with Crippen LogP contribution in [-0.4, -0.2) is 21.1 Å². The fourth-order valence-corrected chi connectivity index (χ4v) is 1.69. The van der Waals surface area contributed by atoms with Gasteiger partial charge in [-0.05, 0) is 6.92 Å². The second-order valence-electron chi connectivity index (χ2n) is 5.52. The number of anilines is 1. The molecule has 0 aromatic carbocycles. The summed E-state index contributed by atoms with van der Waals surface area (Å²) in [5.74, 6) is 0.825. The van der Waals surface area contributed by atoms with E-state index in [1.807, 2.05) is 6.07 Å². The summed E-state index contributed by atoms with van der Waals surface area (Å²) in [6.07, 6.45) is 0. The van der Waals surface area contributed by atoms with Crippen LogP contribution in [0.2, 0.25) is 0 Å². The van der Waals surface area contributed by atoms with Crippen molar-refractivity contribution >= 4 is 11.7 Å². The number of carbonyl (C=O) groups excluding carboxylic acids is 1. The molecule has 0 atom stereocenters. The Morgan fingerprint density at radius 3 is 2.53 bits per heavy atom. The number of amides is 1. The molecule has 0 fully saturated rings. The van der Waals surface area contributed by atoms with Crippen molar-refractivity contribution in [2.75, 3.05) is 5.32 Å². The molecule has 2 aromatic rings. The van der Waals surface area contributed by atoms with Gasteiger partial charge in [0.05, 0.1) is 5.69 Å². The molecule has 6 nitrogen and oxygen atoms in total. The second kappa shape index (κ2) is 4.53.